The fourth-order valence-electron chi connectivity index (χ4n) is 6.82. The standard InChI is InChI=1S/C31H33N3O/c1-3-12-22(13-4-1)34(23-14-5-2-6-15-23)29-20-26(24-16-8-9-17-25(24)29)30-33-28-19-21-11-7-10-18-27(21)32-31(28)35-30/h7-11,16-20,22-23,25H,1-6,12-15H2. The van der Waals surface area contributed by atoms with Crippen LogP contribution in [-0.2, 0) is 0 Å². The Kier molecular flexibility index (Phi) is 5.33. The molecule has 0 radical (unpaired) electrons. The smallest absolute Gasteiger partial charge is 0.247 e. The van der Waals surface area contributed by atoms with Gasteiger partial charge in [-0.05, 0) is 49.5 Å². The molecule has 7 rings (SSSR count). The van der Waals surface area contributed by atoms with Crippen LogP contribution in [0.3, 0.4) is 0 Å². The Morgan fingerprint density at radius 2 is 1.54 bits per heavy atom. The first-order chi connectivity index (χ1) is 17.3. The quantitative estimate of drug-likeness (QED) is 0.397. The summed E-state index contributed by atoms with van der Waals surface area (Å²) in [5.74, 6) is 0.992. The number of allylic oxidation sites excluding steroid dienone is 6. The van der Waals surface area contributed by atoms with Gasteiger partial charge in [-0.25, -0.2) is 9.97 Å². The number of pyridine rings is 1. The minimum absolute atomic E-state index is 0.292. The van der Waals surface area contributed by atoms with Gasteiger partial charge in [0.2, 0.25) is 11.6 Å². The molecule has 2 fully saturated rings. The molecule has 0 saturated heterocycles. The van der Waals surface area contributed by atoms with Crippen molar-refractivity contribution in [2.75, 3.05) is 0 Å². The molecule has 4 aliphatic rings. The van der Waals surface area contributed by atoms with Crippen LogP contribution in [0.5, 0.6) is 0 Å². The third-order valence-corrected chi connectivity index (χ3v) is 8.50. The average molecular weight is 464 g/mol. The van der Waals surface area contributed by atoms with Crippen molar-refractivity contribution in [3.63, 3.8) is 0 Å². The van der Waals surface area contributed by atoms with Crippen molar-refractivity contribution >= 4 is 27.7 Å². The third-order valence-electron chi connectivity index (χ3n) is 8.50. The summed E-state index contributed by atoms with van der Waals surface area (Å²) < 4.78 is 6.33. The highest BCUT2D eigenvalue weighted by Gasteiger charge is 2.38. The van der Waals surface area contributed by atoms with Gasteiger partial charge in [0.15, 0.2) is 0 Å². The maximum absolute atomic E-state index is 6.33. The number of rotatable bonds is 4. The Labute approximate surface area is 207 Å². The van der Waals surface area contributed by atoms with Crippen LogP contribution < -0.4 is 0 Å². The van der Waals surface area contributed by atoms with E-state index >= 15 is 0 Å². The highest BCUT2D eigenvalue weighted by molar-refractivity contribution is 5.90. The molecule has 0 amide bonds. The molecule has 4 heteroatoms. The predicted octanol–water partition coefficient (Wildman–Crippen LogP) is 7.74. The van der Waals surface area contributed by atoms with E-state index < -0.39 is 0 Å². The van der Waals surface area contributed by atoms with Gasteiger partial charge in [0.05, 0.1) is 5.52 Å². The number of para-hydroxylation sites is 1. The maximum Gasteiger partial charge on any atom is 0.247 e. The van der Waals surface area contributed by atoms with E-state index in [4.69, 9.17) is 14.4 Å². The molecule has 2 aromatic heterocycles. The summed E-state index contributed by atoms with van der Waals surface area (Å²) in [6, 6.07) is 11.6. The van der Waals surface area contributed by atoms with Crippen molar-refractivity contribution in [2.24, 2.45) is 5.92 Å². The van der Waals surface area contributed by atoms with E-state index in [1.165, 1.54) is 75.5 Å². The molecule has 1 aromatic carbocycles. The topological polar surface area (TPSA) is 42.2 Å². The van der Waals surface area contributed by atoms with E-state index in [-0.39, 0.29) is 0 Å². The van der Waals surface area contributed by atoms with Gasteiger partial charge in [-0.1, -0.05) is 81.0 Å². The minimum Gasteiger partial charge on any atom is -0.418 e. The predicted molar refractivity (Wildman–Crippen MR) is 142 cm³/mol. The van der Waals surface area contributed by atoms with Crippen LogP contribution in [0.25, 0.3) is 27.7 Å². The summed E-state index contributed by atoms with van der Waals surface area (Å²) in [5, 5.41) is 1.10. The second-order valence-corrected chi connectivity index (χ2v) is 10.7. The van der Waals surface area contributed by atoms with Crippen LogP contribution in [0, 0.1) is 5.92 Å². The molecular weight excluding hydrogens is 430 g/mol. The summed E-state index contributed by atoms with van der Waals surface area (Å²) in [4.78, 5) is 12.6. The Morgan fingerprint density at radius 3 is 2.31 bits per heavy atom. The molecule has 0 N–H and O–H groups in total. The third kappa shape index (κ3) is 3.74. The van der Waals surface area contributed by atoms with Crippen molar-refractivity contribution in [1.82, 2.24) is 14.9 Å². The second kappa shape index (κ2) is 8.82. The fraction of sp³-hybridized carbons (Fsp3) is 0.419. The summed E-state index contributed by atoms with van der Waals surface area (Å²) in [5.41, 5.74) is 6.31. The van der Waals surface area contributed by atoms with E-state index in [0.717, 1.165) is 22.0 Å². The molecule has 2 saturated carbocycles. The van der Waals surface area contributed by atoms with Gasteiger partial charge in [0.1, 0.15) is 5.52 Å². The molecule has 1 atom stereocenters. The summed E-state index contributed by atoms with van der Waals surface area (Å²) in [6.07, 6.45) is 24.9. The highest BCUT2D eigenvalue weighted by atomic mass is 16.4. The van der Waals surface area contributed by atoms with E-state index in [9.17, 15) is 0 Å². The molecule has 4 aliphatic carbocycles. The lowest BCUT2D eigenvalue weighted by Gasteiger charge is -2.45. The molecule has 2 heterocycles. The van der Waals surface area contributed by atoms with E-state index in [2.05, 4.69) is 47.4 Å². The van der Waals surface area contributed by atoms with Crippen LogP contribution in [0.1, 0.15) is 70.1 Å². The zero-order valence-electron chi connectivity index (χ0n) is 20.3. The number of oxazole rings is 1. The van der Waals surface area contributed by atoms with E-state index in [1.807, 2.05) is 18.2 Å². The van der Waals surface area contributed by atoms with Crippen LogP contribution >= 0.6 is 0 Å². The lowest BCUT2D eigenvalue weighted by Crippen LogP contribution is -2.45. The summed E-state index contributed by atoms with van der Waals surface area (Å²) in [7, 11) is 0. The maximum atomic E-state index is 6.33. The summed E-state index contributed by atoms with van der Waals surface area (Å²) >= 11 is 0. The van der Waals surface area contributed by atoms with Crippen LogP contribution in [-0.4, -0.2) is 27.0 Å². The first kappa shape index (κ1) is 21.2. The van der Waals surface area contributed by atoms with Gasteiger partial charge >= 0.3 is 0 Å². The molecule has 0 spiro atoms. The van der Waals surface area contributed by atoms with Crippen LogP contribution in [0.15, 0.2) is 76.4 Å². The van der Waals surface area contributed by atoms with E-state index in [1.54, 1.807) is 0 Å². The van der Waals surface area contributed by atoms with Crippen molar-refractivity contribution in [3.05, 3.63) is 77.9 Å². The van der Waals surface area contributed by atoms with Crippen LogP contribution in [0.2, 0.25) is 0 Å². The van der Waals surface area contributed by atoms with Gasteiger partial charge in [-0.3, -0.25) is 0 Å². The zero-order chi connectivity index (χ0) is 23.2. The van der Waals surface area contributed by atoms with Crippen molar-refractivity contribution in [3.8, 4) is 0 Å². The Hall–Kier alpha value is -3.14. The SMILES string of the molecule is C1=CC2=C(c3nc4cc5ccccc5nc4o3)C=C(N(C3CCCCC3)C3CCCCC3)C2C=C1. The highest BCUT2D eigenvalue weighted by Crippen LogP contribution is 2.46. The zero-order valence-corrected chi connectivity index (χ0v) is 20.3. The first-order valence-electron chi connectivity index (χ1n) is 13.6. The van der Waals surface area contributed by atoms with Gasteiger partial charge in [-0.2, -0.15) is 0 Å². The number of hydrogen-bond donors (Lipinski definition) is 0. The van der Waals surface area contributed by atoms with Crippen molar-refractivity contribution < 1.29 is 4.42 Å². The molecule has 178 valence electrons. The molecule has 0 aliphatic heterocycles. The average Bonchev–Trinajstić information content (AvgIpc) is 3.50. The second-order valence-electron chi connectivity index (χ2n) is 10.7. The van der Waals surface area contributed by atoms with Gasteiger partial charge in [0, 0.05) is 34.7 Å². The fourth-order valence-corrected chi connectivity index (χ4v) is 6.82. The largest absolute Gasteiger partial charge is 0.418 e. The van der Waals surface area contributed by atoms with Crippen molar-refractivity contribution in [2.45, 2.75) is 76.3 Å². The molecule has 3 aromatic rings. The van der Waals surface area contributed by atoms with Crippen LogP contribution in [0.4, 0.5) is 0 Å². The number of fused-ring (bicyclic) bond motifs is 3. The number of aromatic nitrogens is 2. The van der Waals surface area contributed by atoms with Gasteiger partial charge < -0.3 is 9.32 Å². The van der Waals surface area contributed by atoms with E-state index in [0.29, 0.717) is 29.6 Å². The molecule has 4 nitrogen and oxygen atoms in total. The van der Waals surface area contributed by atoms with Gasteiger partial charge in [-0.15, -0.1) is 0 Å². The molecule has 35 heavy (non-hydrogen) atoms. The Balaban J connectivity index is 1.32. The molecular formula is C31H33N3O. The molecule has 0 bridgehead atoms. The number of nitrogens with zero attached hydrogens (tertiary/aromatic N) is 3. The lowest BCUT2D eigenvalue weighted by atomic mass is 9.85. The van der Waals surface area contributed by atoms with Crippen molar-refractivity contribution in [1.29, 1.82) is 0 Å². The first-order valence-corrected chi connectivity index (χ1v) is 13.6. The lowest BCUT2D eigenvalue weighted by molar-refractivity contribution is 0.112. The minimum atomic E-state index is 0.292. The summed E-state index contributed by atoms with van der Waals surface area (Å²) in [6.45, 7) is 0. The normalized spacial score (nSPS) is 23.3. The monoisotopic (exact) mass is 463 g/mol. The number of hydrogen-bond acceptors (Lipinski definition) is 4. The molecule has 1 unspecified atom stereocenters. The number of benzene rings is 1. The Bertz CT molecular complexity index is 1310. The van der Waals surface area contributed by atoms with Gasteiger partial charge in [0.25, 0.3) is 0 Å². The Morgan fingerprint density at radius 1 is 0.800 bits per heavy atom.